The first-order valence-electron chi connectivity index (χ1n) is 8.36. The molecule has 2 aromatic carbocycles. The van der Waals surface area contributed by atoms with Gasteiger partial charge in [-0.1, -0.05) is 18.2 Å². The van der Waals surface area contributed by atoms with Crippen LogP contribution in [-0.2, 0) is 9.59 Å². The first-order chi connectivity index (χ1) is 13.3. The number of aliphatic carboxylic acids is 1. The minimum absolute atomic E-state index is 0.0189. The molecule has 0 saturated carbocycles. The molecular weight excluding hydrogens is 366 g/mol. The Morgan fingerprint density at radius 3 is 2.50 bits per heavy atom. The molecule has 8 nitrogen and oxygen atoms in total. The number of phenolic OH excluding ortho intramolecular Hbond substituents is 2. The van der Waals surface area contributed by atoms with Crippen LogP contribution in [0.2, 0.25) is 0 Å². The lowest BCUT2D eigenvalue weighted by atomic mass is 10.1. The van der Waals surface area contributed by atoms with Gasteiger partial charge in [-0.15, -0.1) is 0 Å². The van der Waals surface area contributed by atoms with Gasteiger partial charge < -0.3 is 30.5 Å². The van der Waals surface area contributed by atoms with Crippen LogP contribution in [0.4, 0.5) is 0 Å². The van der Waals surface area contributed by atoms with Gasteiger partial charge in [0.25, 0.3) is 0 Å². The third-order valence-corrected chi connectivity index (χ3v) is 3.78. The highest BCUT2D eigenvalue weighted by Gasteiger charge is 2.17. The number of rotatable bonds is 8. The van der Waals surface area contributed by atoms with Crippen molar-refractivity contribution in [3.05, 3.63) is 47.5 Å². The minimum Gasteiger partial charge on any atom is -0.508 e. The van der Waals surface area contributed by atoms with Crippen molar-refractivity contribution in [1.82, 2.24) is 0 Å². The quantitative estimate of drug-likeness (QED) is 0.307. The summed E-state index contributed by atoms with van der Waals surface area (Å²) < 4.78 is 10.2. The van der Waals surface area contributed by atoms with Crippen LogP contribution in [0.15, 0.2) is 36.4 Å². The zero-order chi connectivity index (χ0) is 20.7. The fourth-order valence-electron chi connectivity index (χ4n) is 2.34. The van der Waals surface area contributed by atoms with E-state index >= 15 is 0 Å². The van der Waals surface area contributed by atoms with Gasteiger partial charge in [-0.05, 0) is 41.8 Å². The lowest BCUT2D eigenvalue weighted by Crippen LogP contribution is -2.34. The number of nitrogens with two attached hydrogens (primary N) is 1. The number of ether oxygens (including phenoxy) is 2. The second-order valence-corrected chi connectivity index (χ2v) is 5.98. The second-order valence-electron chi connectivity index (χ2n) is 5.98. The lowest BCUT2D eigenvalue weighted by molar-refractivity contribution is -0.138. The van der Waals surface area contributed by atoms with Gasteiger partial charge in [0.15, 0.2) is 11.5 Å². The molecule has 1 atom stereocenters. The Hall–Kier alpha value is -3.52. The number of aromatic hydroxyl groups is 2. The van der Waals surface area contributed by atoms with Gasteiger partial charge in [0, 0.05) is 12.5 Å². The third-order valence-electron chi connectivity index (χ3n) is 3.78. The van der Waals surface area contributed by atoms with E-state index in [9.17, 15) is 19.8 Å². The number of carbonyl (C=O) groups is 2. The lowest BCUT2D eigenvalue weighted by Gasteiger charge is -2.11. The molecule has 8 heteroatoms. The maximum atomic E-state index is 12.0. The predicted octanol–water partition coefficient (Wildman–Crippen LogP) is 2.37. The largest absolute Gasteiger partial charge is 0.508 e. The van der Waals surface area contributed by atoms with Crippen molar-refractivity contribution in [2.24, 2.45) is 5.73 Å². The fourth-order valence-corrected chi connectivity index (χ4v) is 2.34. The van der Waals surface area contributed by atoms with E-state index in [1.54, 1.807) is 24.3 Å². The average molecular weight is 387 g/mol. The summed E-state index contributed by atoms with van der Waals surface area (Å²) >= 11 is 0. The summed E-state index contributed by atoms with van der Waals surface area (Å²) in [6, 6.07) is 7.97. The van der Waals surface area contributed by atoms with Crippen molar-refractivity contribution in [2.75, 3.05) is 7.11 Å². The summed E-state index contributed by atoms with van der Waals surface area (Å²) in [5.74, 6) is -1.54. The SMILES string of the molecule is COc1cc(/C=C/c2cc(O)cc(OC(=O)[C@@H](N)CCC(=O)O)c2)ccc1O. The van der Waals surface area contributed by atoms with Crippen LogP contribution in [-0.4, -0.2) is 40.4 Å². The Labute approximate surface area is 161 Å². The normalized spacial score (nSPS) is 11.9. The second kappa shape index (κ2) is 9.43. The summed E-state index contributed by atoms with van der Waals surface area (Å²) in [6.45, 7) is 0. The van der Waals surface area contributed by atoms with Gasteiger partial charge in [-0.25, -0.2) is 4.79 Å². The van der Waals surface area contributed by atoms with Gasteiger partial charge in [0.05, 0.1) is 7.11 Å². The third kappa shape index (κ3) is 6.03. The highest BCUT2D eigenvalue weighted by molar-refractivity contribution is 5.79. The zero-order valence-corrected chi connectivity index (χ0v) is 15.2. The van der Waals surface area contributed by atoms with Crippen molar-refractivity contribution >= 4 is 24.1 Å². The first kappa shape index (κ1) is 20.8. The van der Waals surface area contributed by atoms with Crippen LogP contribution < -0.4 is 15.2 Å². The van der Waals surface area contributed by atoms with Gasteiger partial charge in [0.1, 0.15) is 17.5 Å². The average Bonchev–Trinajstić information content (AvgIpc) is 2.64. The van der Waals surface area contributed by atoms with E-state index < -0.39 is 18.0 Å². The molecule has 0 aliphatic rings. The molecule has 148 valence electrons. The summed E-state index contributed by atoms with van der Waals surface area (Å²) in [4.78, 5) is 22.5. The molecule has 0 aromatic heterocycles. The van der Waals surface area contributed by atoms with Gasteiger partial charge in [-0.2, -0.15) is 0 Å². The van der Waals surface area contributed by atoms with E-state index in [2.05, 4.69) is 0 Å². The van der Waals surface area contributed by atoms with Crippen molar-refractivity contribution in [2.45, 2.75) is 18.9 Å². The van der Waals surface area contributed by atoms with Crippen LogP contribution in [0.1, 0.15) is 24.0 Å². The Kier molecular flexibility index (Phi) is 7.00. The number of carboxylic acids is 1. The summed E-state index contributed by atoms with van der Waals surface area (Å²) in [6.07, 6.45) is 3.09. The van der Waals surface area contributed by atoms with E-state index in [1.165, 1.54) is 31.4 Å². The molecule has 0 heterocycles. The van der Waals surface area contributed by atoms with Crippen LogP contribution >= 0.6 is 0 Å². The Morgan fingerprint density at radius 2 is 1.82 bits per heavy atom. The van der Waals surface area contributed by atoms with Crippen molar-refractivity contribution < 1.29 is 34.4 Å². The highest BCUT2D eigenvalue weighted by Crippen LogP contribution is 2.28. The molecule has 0 bridgehead atoms. The van der Waals surface area contributed by atoms with Crippen LogP contribution in [0, 0.1) is 0 Å². The van der Waals surface area contributed by atoms with E-state index in [1.807, 2.05) is 0 Å². The van der Waals surface area contributed by atoms with Gasteiger partial charge in [-0.3, -0.25) is 4.79 Å². The number of methoxy groups -OCH3 is 1. The molecule has 2 rings (SSSR count). The van der Waals surface area contributed by atoms with Gasteiger partial charge >= 0.3 is 11.9 Å². The van der Waals surface area contributed by atoms with Crippen LogP contribution in [0.3, 0.4) is 0 Å². The summed E-state index contributed by atoms with van der Waals surface area (Å²) in [5, 5.41) is 28.1. The summed E-state index contributed by atoms with van der Waals surface area (Å²) in [7, 11) is 1.44. The number of phenols is 2. The molecule has 0 aliphatic heterocycles. The molecule has 0 fully saturated rings. The molecule has 5 N–H and O–H groups in total. The fraction of sp³-hybridized carbons (Fsp3) is 0.200. The summed E-state index contributed by atoms with van der Waals surface area (Å²) in [5.41, 5.74) is 6.91. The number of hydrogen-bond acceptors (Lipinski definition) is 7. The maximum Gasteiger partial charge on any atom is 0.328 e. The molecule has 28 heavy (non-hydrogen) atoms. The maximum absolute atomic E-state index is 12.0. The number of esters is 1. The predicted molar refractivity (Wildman–Crippen MR) is 102 cm³/mol. The highest BCUT2D eigenvalue weighted by atomic mass is 16.5. The molecule has 0 unspecified atom stereocenters. The van der Waals surface area contributed by atoms with Crippen LogP contribution in [0.25, 0.3) is 12.2 Å². The topological polar surface area (TPSA) is 139 Å². The molecule has 0 radical (unpaired) electrons. The smallest absolute Gasteiger partial charge is 0.328 e. The molecule has 0 amide bonds. The standard InChI is InChI=1S/C20H21NO7/c1-27-18-10-12(4-6-17(18)23)2-3-13-8-14(22)11-15(9-13)28-20(26)16(21)5-7-19(24)25/h2-4,6,8-11,16,22-23H,5,7,21H2,1H3,(H,24,25)/b3-2+/t16-/m0/s1. The van der Waals surface area contributed by atoms with E-state index in [0.717, 1.165) is 5.56 Å². The monoisotopic (exact) mass is 387 g/mol. The van der Waals surface area contributed by atoms with Crippen molar-refractivity contribution in [3.63, 3.8) is 0 Å². The minimum atomic E-state index is -1.08. The van der Waals surface area contributed by atoms with E-state index in [-0.39, 0.29) is 30.1 Å². The molecule has 2 aromatic rings. The number of hydrogen-bond donors (Lipinski definition) is 4. The van der Waals surface area contributed by atoms with E-state index in [0.29, 0.717) is 11.3 Å². The molecule has 0 aliphatic carbocycles. The van der Waals surface area contributed by atoms with Crippen LogP contribution in [0.5, 0.6) is 23.0 Å². The molecule has 0 spiro atoms. The first-order valence-corrected chi connectivity index (χ1v) is 8.36. The Morgan fingerprint density at radius 1 is 1.11 bits per heavy atom. The zero-order valence-electron chi connectivity index (χ0n) is 15.2. The van der Waals surface area contributed by atoms with E-state index in [4.69, 9.17) is 20.3 Å². The number of benzene rings is 2. The van der Waals surface area contributed by atoms with Crippen molar-refractivity contribution in [1.29, 1.82) is 0 Å². The molecule has 0 saturated heterocycles. The number of carbonyl (C=O) groups excluding carboxylic acids is 1. The molecular formula is C20H21NO7. The Bertz CT molecular complexity index is 892. The van der Waals surface area contributed by atoms with Crippen molar-refractivity contribution in [3.8, 4) is 23.0 Å². The Balaban J connectivity index is 2.12. The number of carboxylic acid groups (broad SMARTS) is 1. The van der Waals surface area contributed by atoms with Gasteiger partial charge in [0.2, 0.25) is 0 Å².